The maximum absolute atomic E-state index is 13.7. The van der Waals surface area contributed by atoms with Gasteiger partial charge < -0.3 is 23.7 Å². The predicted molar refractivity (Wildman–Crippen MR) is 156 cm³/mol. The van der Waals surface area contributed by atoms with Crippen LogP contribution in [0.1, 0.15) is 56.4 Å². The quantitative estimate of drug-likeness (QED) is 0.176. The maximum atomic E-state index is 13.7. The van der Waals surface area contributed by atoms with Gasteiger partial charge in [0.05, 0.1) is 45.2 Å². The van der Waals surface area contributed by atoms with E-state index in [2.05, 4.69) is 0 Å². The molecule has 0 saturated carbocycles. The van der Waals surface area contributed by atoms with E-state index < -0.39 is 5.97 Å². The number of hydrogen-bond acceptors (Lipinski definition) is 8. The number of allylic oxidation sites excluding steroid dienone is 1. The predicted octanol–water partition coefficient (Wildman–Crippen LogP) is 6.32. The van der Waals surface area contributed by atoms with Crippen LogP contribution < -0.4 is 18.9 Å². The first-order valence-corrected chi connectivity index (χ1v) is 13.2. The standard InChI is InChI=1S/C33H31NO7/c1-19(35)21-11-13-27(37-2)23(17-21)18-41-33(36)30-24-8-6-7-9-26(24)34-31-22(10-12-25(30)31)14-20-15-28(38-3)32(40-5)29(16-20)39-4/h6-9,11,13-17H,10,12,18H2,1-5H3/b22-14+. The van der Waals surface area contributed by atoms with Crippen LogP contribution in [0.25, 0.3) is 22.6 Å². The molecule has 0 fully saturated rings. The third-order valence-corrected chi connectivity index (χ3v) is 7.22. The topological polar surface area (TPSA) is 93.2 Å². The summed E-state index contributed by atoms with van der Waals surface area (Å²) in [5, 5.41) is 0.731. The van der Waals surface area contributed by atoms with Crippen molar-refractivity contribution < 1.29 is 33.3 Å². The highest BCUT2D eigenvalue weighted by atomic mass is 16.5. The highest BCUT2D eigenvalue weighted by Gasteiger charge is 2.28. The van der Waals surface area contributed by atoms with Gasteiger partial charge in [-0.3, -0.25) is 4.79 Å². The van der Waals surface area contributed by atoms with Crippen molar-refractivity contribution in [3.63, 3.8) is 0 Å². The van der Waals surface area contributed by atoms with Crippen LogP contribution in [0, 0.1) is 0 Å². The zero-order valence-electron chi connectivity index (χ0n) is 23.7. The normalized spacial score (nSPS) is 13.1. The van der Waals surface area contributed by atoms with Gasteiger partial charge in [-0.05, 0) is 78.9 Å². The number of benzene rings is 3. The molecule has 0 amide bonds. The average Bonchev–Trinajstić information content (AvgIpc) is 3.39. The Labute approximate surface area is 238 Å². The molecule has 3 aromatic carbocycles. The lowest BCUT2D eigenvalue weighted by Gasteiger charge is -2.14. The molecule has 0 radical (unpaired) electrons. The SMILES string of the molecule is COc1ccc(C(C)=O)cc1COC(=O)c1c2c(nc3ccccc13)/C(=C/c1cc(OC)c(OC)c(OC)c1)CC2. The molecule has 1 aliphatic rings. The molecular weight excluding hydrogens is 522 g/mol. The number of ether oxygens (including phenoxy) is 5. The summed E-state index contributed by atoms with van der Waals surface area (Å²) in [6.07, 6.45) is 3.37. The molecule has 0 atom stereocenters. The summed E-state index contributed by atoms with van der Waals surface area (Å²) in [7, 11) is 6.27. The van der Waals surface area contributed by atoms with Gasteiger partial charge in [0, 0.05) is 16.5 Å². The Hall–Kier alpha value is -4.85. The van der Waals surface area contributed by atoms with Crippen LogP contribution in [0.3, 0.4) is 0 Å². The first-order valence-electron chi connectivity index (χ1n) is 13.2. The molecule has 0 unspecified atom stereocenters. The van der Waals surface area contributed by atoms with Gasteiger partial charge in [-0.2, -0.15) is 0 Å². The third-order valence-electron chi connectivity index (χ3n) is 7.22. The first kappa shape index (κ1) is 27.7. The number of nitrogens with zero attached hydrogens (tertiary/aromatic N) is 1. The zero-order chi connectivity index (χ0) is 29.1. The number of carbonyl (C=O) groups is 2. The fourth-order valence-corrected chi connectivity index (χ4v) is 5.22. The number of carbonyl (C=O) groups excluding carboxylic acids is 2. The van der Waals surface area contributed by atoms with Crippen LogP contribution >= 0.6 is 0 Å². The number of pyridine rings is 1. The van der Waals surface area contributed by atoms with Crippen molar-refractivity contribution >= 4 is 34.3 Å². The lowest BCUT2D eigenvalue weighted by molar-refractivity contribution is 0.0471. The smallest absolute Gasteiger partial charge is 0.339 e. The Morgan fingerprint density at radius 2 is 1.56 bits per heavy atom. The van der Waals surface area contributed by atoms with Crippen molar-refractivity contribution in [3.05, 3.63) is 88.1 Å². The van der Waals surface area contributed by atoms with Gasteiger partial charge in [-0.25, -0.2) is 9.78 Å². The van der Waals surface area contributed by atoms with Gasteiger partial charge in [-0.1, -0.05) is 18.2 Å². The van der Waals surface area contributed by atoms with Gasteiger partial charge in [0.15, 0.2) is 17.3 Å². The lowest BCUT2D eigenvalue weighted by atomic mass is 10.0. The molecule has 41 heavy (non-hydrogen) atoms. The number of para-hydroxylation sites is 1. The number of methoxy groups -OCH3 is 4. The fraction of sp³-hybridized carbons (Fsp3) is 0.242. The molecule has 1 heterocycles. The maximum Gasteiger partial charge on any atom is 0.339 e. The summed E-state index contributed by atoms with van der Waals surface area (Å²) in [6.45, 7) is 1.45. The van der Waals surface area contributed by atoms with Crippen molar-refractivity contribution in [1.82, 2.24) is 4.98 Å². The largest absolute Gasteiger partial charge is 0.496 e. The molecule has 210 valence electrons. The van der Waals surface area contributed by atoms with E-state index in [1.807, 2.05) is 42.5 Å². The summed E-state index contributed by atoms with van der Waals surface area (Å²) in [6, 6.07) is 16.4. The molecule has 0 spiro atoms. The van der Waals surface area contributed by atoms with E-state index in [1.165, 1.54) is 6.92 Å². The van der Waals surface area contributed by atoms with Crippen molar-refractivity contribution in [1.29, 1.82) is 0 Å². The van der Waals surface area contributed by atoms with Crippen molar-refractivity contribution in [2.45, 2.75) is 26.4 Å². The van der Waals surface area contributed by atoms with Gasteiger partial charge in [0.1, 0.15) is 12.4 Å². The molecule has 4 aromatic rings. The summed E-state index contributed by atoms with van der Waals surface area (Å²) < 4.78 is 27.8. The highest BCUT2D eigenvalue weighted by molar-refractivity contribution is 6.07. The van der Waals surface area contributed by atoms with Crippen molar-refractivity contribution in [2.24, 2.45) is 0 Å². The molecular formula is C33H31NO7. The summed E-state index contributed by atoms with van der Waals surface area (Å²) >= 11 is 0. The second kappa shape index (κ2) is 11.7. The summed E-state index contributed by atoms with van der Waals surface area (Å²) in [5.74, 6) is 1.63. The lowest BCUT2D eigenvalue weighted by Crippen LogP contribution is -2.11. The Morgan fingerprint density at radius 1 is 0.854 bits per heavy atom. The Balaban J connectivity index is 1.54. The van der Waals surface area contributed by atoms with E-state index in [0.717, 1.165) is 27.8 Å². The third kappa shape index (κ3) is 5.33. The minimum atomic E-state index is -0.454. The van der Waals surface area contributed by atoms with E-state index >= 15 is 0 Å². The Kier molecular flexibility index (Phi) is 7.92. The van der Waals surface area contributed by atoms with Gasteiger partial charge in [0.25, 0.3) is 0 Å². The number of fused-ring (bicyclic) bond motifs is 2. The zero-order valence-corrected chi connectivity index (χ0v) is 23.7. The van der Waals surface area contributed by atoms with E-state index in [9.17, 15) is 9.59 Å². The molecule has 0 N–H and O–H groups in total. The molecule has 8 nitrogen and oxygen atoms in total. The Bertz CT molecular complexity index is 1660. The molecule has 0 aliphatic heterocycles. The minimum absolute atomic E-state index is 0.0390. The molecule has 1 aliphatic carbocycles. The van der Waals surface area contributed by atoms with Crippen molar-refractivity contribution in [2.75, 3.05) is 28.4 Å². The number of hydrogen-bond donors (Lipinski definition) is 0. The number of ketones is 1. The fourth-order valence-electron chi connectivity index (χ4n) is 5.22. The average molecular weight is 554 g/mol. The number of esters is 1. The second-order valence-electron chi connectivity index (χ2n) is 9.62. The monoisotopic (exact) mass is 553 g/mol. The summed E-state index contributed by atoms with van der Waals surface area (Å²) in [5.41, 5.74) is 5.80. The van der Waals surface area contributed by atoms with Crippen LogP contribution in [-0.4, -0.2) is 45.2 Å². The summed E-state index contributed by atoms with van der Waals surface area (Å²) in [4.78, 5) is 30.6. The molecule has 1 aromatic heterocycles. The molecule has 0 saturated heterocycles. The number of rotatable bonds is 9. The highest BCUT2D eigenvalue weighted by Crippen LogP contribution is 2.42. The van der Waals surface area contributed by atoms with Crippen LogP contribution in [-0.2, 0) is 17.8 Å². The molecule has 0 bridgehead atoms. The second-order valence-corrected chi connectivity index (χ2v) is 9.62. The first-order chi connectivity index (χ1) is 19.9. The number of Topliss-reactive ketones (excluding diaryl/α,β-unsaturated/α-hetero) is 1. The molecule has 8 heteroatoms. The number of aromatic nitrogens is 1. The van der Waals surface area contributed by atoms with Crippen LogP contribution in [0.4, 0.5) is 0 Å². The van der Waals surface area contributed by atoms with Crippen LogP contribution in [0.15, 0.2) is 54.6 Å². The minimum Gasteiger partial charge on any atom is -0.496 e. The Morgan fingerprint density at radius 3 is 2.22 bits per heavy atom. The van der Waals surface area contributed by atoms with Crippen LogP contribution in [0.2, 0.25) is 0 Å². The van der Waals surface area contributed by atoms with E-state index in [4.69, 9.17) is 28.7 Å². The van der Waals surface area contributed by atoms with E-state index in [0.29, 0.717) is 58.0 Å². The van der Waals surface area contributed by atoms with Crippen LogP contribution in [0.5, 0.6) is 23.0 Å². The van der Waals surface area contributed by atoms with Gasteiger partial charge in [-0.15, -0.1) is 0 Å². The van der Waals surface area contributed by atoms with Gasteiger partial charge in [0.2, 0.25) is 5.75 Å². The van der Waals surface area contributed by atoms with E-state index in [-0.39, 0.29) is 12.4 Å². The molecule has 5 rings (SSSR count). The van der Waals surface area contributed by atoms with Crippen molar-refractivity contribution in [3.8, 4) is 23.0 Å². The van der Waals surface area contributed by atoms with E-state index in [1.54, 1.807) is 46.6 Å². The van der Waals surface area contributed by atoms with Gasteiger partial charge >= 0.3 is 5.97 Å².